The molecule has 2 amide bonds. The fourth-order valence-electron chi connectivity index (χ4n) is 1.72. The Balaban J connectivity index is 1.75. The van der Waals surface area contributed by atoms with Gasteiger partial charge in [0.15, 0.2) is 0 Å². The minimum absolute atomic E-state index is 0.0421. The molecule has 116 valence electrons. The second kappa shape index (κ2) is 7.67. The third-order valence-corrected chi connectivity index (χ3v) is 3.66. The maximum atomic E-state index is 12.7. The molecule has 3 N–H and O–H groups in total. The number of halogens is 1. The van der Waals surface area contributed by atoms with Gasteiger partial charge in [-0.2, -0.15) is 11.3 Å². The number of benzene rings is 1. The molecule has 22 heavy (non-hydrogen) atoms. The molecule has 0 radical (unpaired) electrons. The topological polar surface area (TPSA) is 78.4 Å². The van der Waals surface area contributed by atoms with E-state index in [9.17, 15) is 19.1 Å². The van der Waals surface area contributed by atoms with Gasteiger partial charge in [-0.3, -0.25) is 9.59 Å². The normalized spacial score (nSPS) is 11.7. The van der Waals surface area contributed by atoms with Crippen molar-refractivity contribution >= 4 is 23.2 Å². The summed E-state index contributed by atoms with van der Waals surface area (Å²) in [6.45, 7) is 0.0825. The average molecular weight is 322 g/mol. The minimum Gasteiger partial charge on any atom is -0.387 e. The lowest BCUT2D eigenvalue weighted by atomic mass is 10.2. The van der Waals surface area contributed by atoms with Crippen LogP contribution in [0.1, 0.15) is 17.2 Å². The Morgan fingerprint density at radius 2 is 1.82 bits per heavy atom. The van der Waals surface area contributed by atoms with Crippen molar-refractivity contribution in [3.63, 3.8) is 0 Å². The van der Waals surface area contributed by atoms with Crippen LogP contribution < -0.4 is 10.6 Å². The summed E-state index contributed by atoms with van der Waals surface area (Å²) in [5.41, 5.74) is 1.37. The molecular weight excluding hydrogens is 307 g/mol. The van der Waals surface area contributed by atoms with Gasteiger partial charge in [-0.25, -0.2) is 4.39 Å². The van der Waals surface area contributed by atoms with Gasteiger partial charge in [-0.1, -0.05) is 12.1 Å². The number of aliphatic hydroxyl groups is 1. The lowest BCUT2D eigenvalue weighted by Gasteiger charge is -2.10. The average Bonchev–Trinajstić information content (AvgIpc) is 3.06. The largest absolute Gasteiger partial charge is 0.387 e. The lowest BCUT2D eigenvalue weighted by Crippen LogP contribution is -2.41. The standard InChI is InChI=1S/C15H15FN2O3S/c16-12-3-1-10(2-4-12)7-17-14(20)15(21)18-8-13(19)11-5-6-22-9-11/h1-6,9,13,19H,7-8H2,(H,17,20)(H,18,21)/t13-/m0/s1. The van der Waals surface area contributed by atoms with Gasteiger partial charge in [-0.15, -0.1) is 0 Å². The molecule has 0 bridgehead atoms. The van der Waals surface area contributed by atoms with Crippen LogP contribution in [0.25, 0.3) is 0 Å². The summed E-state index contributed by atoms with van der Waals surface area (Å²) in [4.78, 5) is 23.2. The molecule has 0 aliphatic carbocycles. The van der Waals surface area contributed by atoms with Crippen molar-refractivity contribution < 1.29 is 19.1 Å². The summed E-state index contributed by atoms with van der Waals surface area (Å²) in [5.74, 6) is -1.99. The molecule has 0 saturated heterocycles. The smallest absolute Gasteiger partial charge is 0.309 e. The Hall–Kier alpha value is -2.25. The summed E-state index contributed by atoms with van der Waals surface area (Å²) >= 11 is 1.44. The Morgan fingerprint density at radius 1 is 1.14 bits per heavy atom. The first kappa shape index (κ1) is 16.1. The molecule has 1 aromatic heterocycles. The maximum Gasteiger partial charge on any atom is 0.309 e. The van der Waals surface area contributed by atoms with Crippen molar-refractivity contribution in [2.75, 3.05) is 6.54 Å². The van der Waals surface area contributed by atoms with Crippen LogP contribution in [0.2, 0.25) is 0 Å². The van der Waals surface area contributed by atoms with Gasteiger partial charge in [0.05, 0.1) is 6.10 Å². The van der Waals surface area contributed by atoms with Crippen molar-refractivity contribution in [2.45, 2.75) is 12.6 Å². The molecule has 1 atom stereocenters. The van der Waals surface area contributed by atoms with E-state index in [1.807, 2.05) is 5.38 Å². The highest BCUT2D eigenvalue weighted by atomic mass is 32.1. The number of carbonyl (C=O) groups excluding carboxylic acids is 2. The molecular formula is C15H15FN2O3S. The zero-order valence-electron chi connectivity index (χ0n) is 11.6. The van der Waals surface area contributed by atoms with Crippen LogP contribution in [0.5, 0.6) is 0 Å². The number of amides is 2. The first-order valence-corrected chi connectivity index (χ1v) is 7.51. The van der Waals surface area contributed by atoms with Crippen molar-refractivity contribution in [2.24, 2.45) is 0 Å². The summed E-state index contributed by atoms with van der Waals surface area (Å²) < 4.78 is 12.7. The zero-order chi connectivity index (χ0) is 15.9. The molecule has 0 spiro atoms. The third-order valence-electron chi connectivity index (χ3n) is 2.96. The van der Waals surface area contributed by atoms with E-state index < -0.39 is 17.9 Å². The highest BCUT2D eigenvalue weighted by Gasteiger charge is 2.15. The fourth-order valence-corrected chi connectivity index (χ4v) is 2.42. The second-order valence-electron chi connectivity index (χ2n) is 4.59. The van der Waals surface area contributed by atoms with Gasteiger partial charge in [0.1, 0.15) is 5.82 Å². The van der Waals surface area contributed by atoms with E-state index in [1.165, 1.54) is 35.6 Å². The molecule has 2 rings (SSSR count). The zero-order valence-corrected chi connectivity index (χ0v) is 12.4. The number of rotatable bonds is 5. The molecule has 0 aliphatic heterocycles. The van der Waals surface area contributed by atoms with Gasteiger partial charge >= 0.3 is 11.8 Å². The molecule has 7 heteroatoms. The van der Waals surface area contributed by atoms with Crippen LogP contribution in [-0.2, 0) is 16.1 Å². The quantitative estimate of drug-likeness (QED) is 0.727. The van der Waals surface area contributed by atoms with Crippen LogP contribution in [0.3, 0.4) is 0 Å². The van der Waals surface area contributed by atoms with Gasteiger partial charge in [-0.05, 0) is 40.1 Å². The summed E-state index contributed by atoms with van der Waals surface area (Å²) in [6.07, 6.45) is -0.847. The minimum atomic E-state index is -0.847. The molecule has 0 fully saturated rings. The van der Waals surface area contributed by atoms with Gasteiger partial charge in [0, 0.05) is 13.1 Å². The van der Waals surface area contributed by atoms with Crippen molar-refractivity contribution in [3.8, 4) is 0 Å². The fraction of sp³-hybridized carbons (Fsp3) is 0.200. The van der Waals surface area contributed by atoms with Crippen molar-refractivity contribution in [1.82, 2.24) is 10.6 Å². The van der Waals surface area contributed by atoms with E-state index in [4.69, 9.17) is 0 Å². The van der Waals surface area contributed by atoms with Crippen molar-refractivity contribution in [3.05, 3.63) is 58.0 Å². The lowest BCUT2D eigenvalue weighted by molar-refractivity contribution is -0.139. The van der Waals surface area contributed by atoms with Crippen molar-refractivity contribution in [1.29, 1.82) is 0 Å². The number of aliphatic hydroxyl groups excluding tert-OH is 1. The first-order chi connectivity index (χ1) is 10.6. The second-order valence-corrected chi connectivity index (χ2v) is 5.37. The number of nitrogens with one attached hydrogen (secondary N) is 2. The van der Waals surface area contributed by atoms with E-state index in [2.05, 4.69) is 10.6 Å². The molecule has 1 heterocycles. The Kier molecular flexibility index (Phi) is 5.62. The van der Waals surface area contributed by atoms with E-state index in [0.717, 1.165) is 0 Å². The Morgan fingerprint density at radius 3 is 2.45 bits per heavy atom. The van der Waals surface area contributed by atoms with Crippen LogP contribution >= 0.6 is 11.3 Å². The number of hydrogen-bond donors (Lipinski definition) is 3. The maximum absolute atomic E-state index is 12.7. The van der Waals surface area contributed by atoms with Crippen LogP contribution in [0.15, 0.2) is 41.1 Å². The molecule has 5 nitrogen and oxygen atoms in total. The van der Waals surface area contributed by atoms with Gasteiger partial charge in [0.25, 0.3) is 0 Å². The number of carbonyl (C=O) groups is 2. The predicted molar refractivity (Wildman–Crippen MR) is 80.5 cm³/mol. The molecule has 2 aromatic rings. The third kappa shape index (κ3) is 4.64. The monoisotopic (exact) mass is 322 g/mol. The van der Waals surface area contributed by atoms with Gasteiger partial charge in [0.2, 0.25) is 0 Å². The van der Waals surface area contributed by atoms with Crippen LogP contribution in [0, 0.1) is 5.82 Å². The number of hydrogen-bond acceptors (Lipinski definition) is 4. The predicted octanol–water partition coefficient (Wildman–Crippen LogP) is 1.35. The highest BCUT2D eigenvalue weighted by Crippen LogP contribution is 2.14. The SMILES string of the molecule is O=C(NCc1ccc(F)cc1)C(=O)NC[C@H](O)c1ccsc1. The molecule has 0 saturated carbocycles. The van der Waals surface area contributed by atoms with E-state index in [1.54, 1.807) is 11.4 Å². The Bertz CT molecular complexity index is 629. The van der Waals surface area contributed by atoms with Gasteiger partial charge < -0.3 is 15.7 Å². The summed E-state index contributed by atoms with van der Waals surface area (Å²) in [6, 6.07) is 7.34. The van der Waals surface area contributed by atoms with E-state index in [0.29, 0.717) is 11.1 Å². The summed E-state index contributed by atoms with van der Waals surface area (Å²) in [7, 11) is 0. The highest BCUT2D eigenvalue weighted by molar-refractivity contribution is 7.07. The first-order valence-electron chi connectivity index (χ1n) is 6.57. The molecule has 0 unspecified atom stereocenters. The van der Waals surface area contributed by atoms with Crippen LogP contribution in [-0.4, -0.2) is 23.5 Å². The number of thiophene rings is 1. The van der Waals surface area contributed by atoms with Crippen LogP contribution in [0.4, 0.5) is 4.39 Å². The Labute approximate surface area is 130 Å². The molecule has 0 aliphatic rings. The molecule has 1 aromatic carbocycles. The van der Waals surface area contributed by atoms with E-state index >= 15 is 0 Å². The summed E-state index contributed by atoms with van der Waals surface area (Å²) in [5, 5.41) is 18.2. The van der Waals surface area contributed by atoms with E-state index in [-0.39, 0.29) is 18.9 Å².